The lowest BCUT2D eigenvalue weighted by Gasteiger charge is -2.06. The maximum atomic E-state index is 12.3. The number of nitrogens with one attached hydrogen (secondary N) is 2. The van der Waals surface area contributed by atoms with Crippen LogP contribution in [0.1, 0.15) is 33.9 Å². The van der Waals surface area contributed by atoms with E-state index in [1.807, 2.05) is 6.07 Å². The van der Waals surface area contributed by atoms with E-state index < -0.39 is 0 Å². The summed E-state index contributed by atoms with van der Waals surface area (Å²) in [6.07, 6.45) is 6.03. The standard InChI is InChI=1S/C15H14N4O2S/c20-14(11-8-10(18-19-11)12-5-3-7-21-12)17-15-16-9-4-1-2-6-13(9)22-15/h3,5,7-8H,1-2,4,6H2,(H,18,19)(H,16,17,20). The Balaban J connectivity index is 1.51. The average Bonchev–Trinajstić information content (AvgIpc) is 3.26. The van der Waals surface area contributed by atoms with Crippen molar-refractivity contribution < 1.29 is 9.21 Å². The van der Waals surface area contributed by atoms with Crippen LogP contribution in [0.5, 0.6) is 0 Å². The maximum Gasteiger partial charge on any atom is 0.277 e. The summed E-state index contributed by atoms with van der Waals surface area (Å²) < 4.78 is 5.27. The number of nitrogens with zero attached hydrogens (tertiary/aromatic N) is 2. The molecule has 1 aliphatic carbocycles. The van der Waals surface area contributed by atoms with Gasteiger partial charge in [0.25, 0.3) is 5.91 Å². The minimum Gasteiger partial charge on any atom is -0.463 e. The van der Waals surface area contributed by atoms with E-state index in [1.165, 1.54) is 17.7 Å². The summed E-state index contributed by atoms with van der Waals surface area (Å²) in [5.74, 6) is 0.386. The summed E-state index contributed by atoms with van der Waals surface area (Å²) in [5, 5.41) is 10.3. The van der Waals surface area contributed by atoms with Crippen LogP contribution < -0.4 is 5.32 Å². The minimum atomic E-state index is -0.264. The van der Waals surface area contributed by atoms with E-state index in [0.717, 1.165) is 18.5 Å². The summed E-state index contributed by atoms with van der Waals surface area (Å²) in [5.41, 5.74) is 2.12. The molecule has 0 atom stereocenters. The number of H-pyrrole nitrogens is 1. The predicted molar refractivity (Wildman–Crippen MR) is 83.0 cm³/mol. The first-order valence-electron chi connectivity index (χ1n) is 7.19. The minimum absolute atomic E-state index is 0.264. The fraction of sp³-hybridized carbons (Fsp3) is 0.267. The molecule has 3 aromatic rings. The second kappa shape index (κ2) is 5.42. The van der Waals surface area contributed by atoms with Gasteiger partial charge in [0.2, 0.25) is 0 Å². The fourth-order valence-corrected chi connectivity index (χ4v) is 3.61. The van der Waals surface area contributed by atoms with Crippen molar-refractivity contribution in [1.82, 2.24) is 15.2 Å². The zero-order valence-corrected chi connectivity index (χ0v) is 12.6. The number of hydrogen-bond donors (Lipinski definition) is 2. The Morgan fingerprint density at radius 1 is 1.36 bits per heavy atom. The number of amides is 1. The molecular weight excluding hydrogens is 300 g/mol. The Morgan fingerprint density at radius 3 is 3.09 bits per heavy atom. The van der Waals surface area contributed by atoms with Crippen molar-refractivity contribution in [2.75, 3.05) is 5.32 Å². The van der Waals surface area contributed by atoms with Gasteiger partial charge >= 0.3 is 0 Å². The predicted octanol–water partition coefficient (Wildman–Crippen LogP) is 3.26. The molecule has 0 radical (unpaired) electrons. The topological polar surface area (TPSA) is 83.8 Å². The molecule has 112 valence electrons. The SMILES string of the molecule is O=C(Nc1nc2c(s1)CCCC2)c1cc(-c2ccco2)[nH]n1. The van der Waals surface area contributed by atoms with Crippen LogP contribution >= 0.6 is 11.3 Å². The molecule has 7 heteroatoms. The Morgan fingerprint density at radius 2 is 2.27 bits per heavy atom. The number of carbonyl (C=O) groups is 1. The molecule has 1 amide bonds. The monoisotopic (exact) mass is 314 g/mol. The summed E-state index contributed by atoms with van der Waals surface area (Å²) in [6.45, 7) is 0. The molecule has 3 aromatic heterocycles. The average molecular weight is 314 g/mol. The van der Waals surface area contributed by atoms with Crippen LogP contribution in [0.15, 0.2) is 28.9 Å². The number of rotatable bonds is 3. The van der Waals surface area contributed by atoms with Gasteiger partial charge in [-0.1, -0.05) is 0 Å². The third-order valence-electron chi connectivity index (χ3n) is 3.66. The van der Waals surface area contributed by atoms with Gasteiger partial charge in [-0.3, -0.25) is 15.2 Å². The van der Waals surface area contributed by atoms with Crippen molar-refractivity contribution in [2.45, 2.75) is 25.7 Å². The van der Waals surface area contributed by atoms with Crippen LogP contribution in [0, 0.1) is 0 Å². The fourth-order valence-electron chi connectivity index (χ4n) is 2.56. The van der Waals surface area contributed by atoms with Crippen LogP contribution in [0.3, 0.4) is 0 Å². The van der Waals surface area contributed by atoms with Gasteiger partial charge in [0, 0.05) is 10.9 Å². The number of carbonyl (C=O) groups excluding carboxylic acids is 1. The van der Waals surface area contributed by atoms with Crippen LogP contribution in [-0.4, -0.2) is 21.1 Å². The normalized spacial score (nSPS) is 13.8. The highest BCUT2D eigenvalue weighted by atomic mass is 32.1. The Bertz CT molecular complexity index is 780. The van der Waals surface area contributed by atoms with E-state index in [-0.39, 0.29) is 5.91 Å². The molecule has 0 saturated carbocycles. The van der Waals surface area contributed by atoms with Crippen molar-refractivity contribution in [3.8, 4) is 11.5 Å². The van der Waals surface area contributed by atoms with Gasteiger partial charge in [-0.25, -0.2) is 4.98 Å². The number of aryl methyl sites for hydroxylation is 2. The largest absolute Gasteiger partial charge is 0.463 e. The van der Waals surface area contributed by atoms with Crippen molar-refractivity contribution in [3.63, 3.8) is 0 Å². The van der Waals surface area contributed by atoms with Crippen molar-refractivity contribution in [2.24, 2.45) is 0 Å². The van der Waals surface area contributed by atoms with E-state index in [4.69, 9.17) is 4.42 Å². The molecule has 0 spiro atoms. The van der Waals surface area contributed by atoms with Gasteiger partial charge in [0.1, 0.15) is 5.69 Å². The second-order valence-corrected chi connectivity index (χ2v) is 6.28. The molecule has 0 fully saturated rings. The maximum absolute atomic E-state index is 12.3. The zero-order valence-electron chi connectivity index (χ0n) is 11.8. The van der Waals surface area contributed by atoms with Crippen LogP contribution in [0.2, 0.25) is 0 Å². The highest BCUT2D eigenvalue weighted by Gasteiger charge is 2.18. The first kappa shape index (κ1) is 13.3. The Hall–Kier alpha value is -2.41. The van der Waals surface area contributed by atoms with Crippen molar-refractivity contribution >= 4 is 22.4 Å². The number of aromatic amines is 1. The third kappa shape index (κ3) is 2.43. The van der Waals surface area contributed by atoms with Gasteiger partial charge in [-0.15, -0.1) is 11.3 Å². The van der Waals surface area contributed by atoms with Gasteiger partial charge in [-0.05, 0) is 37.8 Å². The molecule has 3 heterocycles. The van der Waals surface area contributed by atoms with Crippen LogP contribution in [-0.2, 0) is 12.8 Å². The Labute approximate surface area is 130 Å². The molecule has 0 bridgehead atoms. The molecule has 0 saturated heterocycles. The molecular formula is C15H14N4O2S. The zero-order chi connectivity index (χ0) is 14.9. The van der Waals surface area contributed by atoms with E-state index in [9.17, 15) is 4.79 Å². The van der Waals surface area contributed by atoms with Crippen molar-refractivity contribution in [3.05, 3.63) is 40.7 Å². The number of hydrogen-bond acceptors (Lipinski definition) is 5. The summed E-state index contributed by atoms with van der Waals surface area (Å²) >= 11 is 1.56. The first-order valence-corrected chi connectivity index (χ1v) is 8.00. The lowest BCUT2D eigenvalue weighted by molar-refractivity contribution is 0.102. The highest BCUT2D eigenvalue weighted by Crippen LogP contribution is 2.29. The quantitative estimate of drug-likeness (QED) is 0.777. The molecule has 0 aliphatic heterocycles. The molecule has 4 rings (SSSR count). The molecule has 2 N–H and O–H groups in total. The first-order chi connectivity index (χ1) is 10.8. The van der Waals surface area contributed by atoms with Gasteiger partial charge in [-0.2, -0.15) is 5.10 Å². The van der Waals surface area contributed by atoms with E-state index in [0.29, 0.717) is 22.3 Å². The number of fused-ring (bicyclic) bond motifs is 1. The number of thiazole rings is 1. The van der Waals surface area contributed by atoms with Gasteiger partial charge in [0.05, 0.1) is 12.0 Å². The lowest BCUT2D eigenvalue weighted by Crippen LogP contribution is -2.12. The van der Waals surface area contributed by atoms with Crippen molar-refractivity contribution in [1.29, 1.82) is 0 Å². The van der Waals surface area contributed by atoms with E-state index in [1.54, 1.807) is 29.7 Å². The highest BCUT2D eigenvalue weighted by molar-refractivity contribution is 7.15. The number of anilines is 1. The summed E-state index contributed by atoms with van der Waals surface area (Å²) in [6, 6.07) is 5.27. The smallest absolute Gasteiger partial charge is 0.277 e. The third-order valence-corrected chi connectivity index (χ3v) is 4.74. The number of furan rings is 1. The Kier molecular flexibility index (Phi) is 3.27. The van der Waals surface area contributed by atoms with Gasteiger partial charge in [0.15, 0.2) is 16.6 Å². The van der Waals surface area contributed by atoms with E-state index in [2.05, 4.69) is 20.5 Å². The summed E-state index contributed by atoms with van der Waals surface area (Å²) in [7, 11) is 0. The van der Waals surface area contributed by atoms with Gasteiger partial charge < -0.3 is 4.42 Å². The molecule has 22 heavy (non-hydrogen) atoms. The molecule has 0 aromatic carbocycles. The van der Waals surface area contributed by atoms with E-state index >= 15 is 0 Å². The summed E-state index contributed by atoms with van der Waals surface area (Å²) in [4.78, 5) is 18.0. The van der Waals surface area contributed by atoms with Crippen LogP contribution in [0.25, 0.3) is 11.5 Å². The number of aromatic nitrogens is 3. The molecule has 1 aliphatic rings. The van der Waals surface area contributed by atoms with Crippen LogP contribution in [0.4, 0.5) is 5.13 Å². The molecule has 0 unspecified atom stereocenters. The lowest BCUT2D eigenvalue weighted by atomic mass is 10.0. The second-order valence-electron chi connectivity index (χ2n) is 5.19. The molecule has 6 nitrogen and oxygen atoms in total.